The Morgan fingerprint density at radius 3 is 2.92 bits per heavy atom. The number of anilines is 1. The summed E-state index contributed by atoms with van der Waals surface area (Å²) in [7, 11) is 1.73. The molecule has 2 aromatic heterocycles. The van der Waals surface area contributed by atoms with Crippen LogP contribution in [0.15, 0.2) is 47.1 Å². The zero-order valence-corrected chi connectivity index (χ0v) is 14.4. The van der Waals surface area contributed by atoms with Gasteiger partial charge in [0.25, 0.3) is 5.89 Å². The molecular weight excluding hydrogens is 335 g/mol. The Balaban J connectivity index is 1.50. The van der Waals surface area contributed by atoms with Gasteiger partial charge in [-0.15, -0.1) is 0 Å². The molecule has 1 aliphatic heterocycles. The standard InChI is InChI=1S/C19H19FN4O2/c1-25-12-13-8-9-24(11-13)17-7-6-14(10-21-17)19-22-18(23-26-19)15-4-2-3-5-16(15)20/h2-7,10,13H,8-9,11-12H2,1H3/t13-/m0/s1. The number of rotatable bonds is 5. The Labute approximate surface area is 150 Å². The molecule has 6 nitrogen and oxygen atoms in total. The first kappa shape index (κ1) is 16.7. The second-order valence-corrected chi connectivity index (χ2v) is 6.36. The van der Waals surface area contributed by atoms with Crippen molar-refractivity contribution in [3.8, 4) is 22.8 Å². The normalized spacial score (nSPS) is 17.0. The van der Waals surface area contributed by atoms with E-state index in [0.717, 1.165) is 31.9 Å². The molecule has 0 N–H and O–H groups in total. The van der Waals surface area contributed by atoms with Crippen molar-refractivity contribution in [1.29, 1.82) is 0 Å². The molecule has 1 saturated heterocycles. The summed E-state index contributed by atoms with van der Waals surface area (Å²) >= 11 is 0. The Morgan fingerprint density at radius 1 is 1.27 bits per heavy atom. The van der Waals surface area contributed by atoms with Crippen LogP contribution in [0.2, 0.25) is 0 Å². The number of pyridine rings is 1. The molecule has 0 spiro atoms. The minimum Gasteiger partial charge on any atom is -0.384 e. The topological polar surface area (TPSA) is 64.3 Å². The molecular formula is C19H19FN4O2. The lowest BCUT2D eigenvalue weighted by atomic mass is 10.1. The number of ether oxygens (including phenoxy) is 1. The molecule has 0 aliphatic carbocycles. The van der Waals surface area contributed by atoms with Gasteiger partial charge in [0, 0.05) is 32.3 Å². The summed E-state index contributed by atoms with van der Waals surface area (Å²) in [6.45, 7) is 2.69. The second kappa shape index (κ2) is 7.21. The monoisotopic (exact) mass is 354 g/mol. The van der Waals surface area contributed by atoms with E-state index in [4.69, 9.17) is 9.26 Å². The molecule has 4 rings (SSSR count). The molecule has 1 aromatic carbocycles. The first-order valence-corrected chi connectivity index (χ1v) is 8.53. The van der Waals surface area contributed by atoms with Gasteiger partial charge in [0.15, 0.2) is 0 Å². The van der Waals surface area contributed by atoms with Gasteiger partial charge in [-0.3, -0.25) is 0 Å². The highest BCUT2D eigenvalue weighted by Gasteiger charge is 2.23. The molecule has 0 unspecified atom stereocenters. The van der Waals surface area contributed by atoms with Crippen LogP contribution < -0.4 is 4.90 Å². The predicted octanol–water partition coefficient (Wildman–Crippen LogP) is 3.41. The largest absolute Gasteiger partial charge is 0.384 e. The summed E-state index contributed by atoms with van der Waals surface area (Å²) in [6, 6.07) is 10.2. The fraction of sp³-hybridized carbons (Fsp3) is 0.316. The van der Waals surface area contributed by atoms with Crippen LogP contribution in [0.4, 0.5) is 10.2 Å². The highest BCUT2D eigenvalue weighted by atomic mass is 19.1. The summed E-state index contributed by atoms with van der Waals surface area (Å²) in [4.78, 5) is 11.0. The van der Waals surface area contributed by atoms with Crippen LogP contribution in [-0.4, -0.2) is 41.9 Å². The minimum atomic E-state index is -0.382. The van der Waals surface area contributed by atoms with E-state index in [9.17, 15) is 4.39 Å². The average molecular weight is 354 g/mol. The number of aromatic nitrogens is 3. The van der Waals surface area contributed by atoms with Crippen molar-refractivity contribution in [3.63, 3.8) is 0 Å². The maximum atomic E-state index is 13.9. The van der Waals surface area contributed by atoms with Crippen LogP contribution in [-0.2, 0) is 4.74 Å². The molecule has 3 heterocycles. The molecule has 7 heteroatoms. The van der Waals surface area contributed by atoms with Crippen LogP contribution in [0, 0.1) is 11.7 Å². The molecule has 134 valence electrons. The molecule has 26 heavy (non-hydrogen) atoms. The van der Waals surface area contributed by atoms with Crippen LogP contribution in [0.25, 0.3) is 22.8 Å². The molecule has 0 saturated carbocycles. The van der Waals surface area contributed by atoms with Gasteiger partial charge in [0.1, 0.15) is 11.6 Å². The molecule has 1 fully saturated rings. The lowest BCUT2D eigenvalue weighted by molar-refractivity contribution is 0.161. The zero-order chi connectivity index (χ0) is 17.9. The molecule has 0 bridgehead atoms. The number of benzene rings is 1. The van der Waals surface area contributed by atoms with Gasteiger partial charge >= 0.3 is 0 Å². The Kier molecular flexibility index (Phi) is 4.62. The van der Waals surface area contributed by atoms with Crippen LogP contribution in [0.3, 0.4) is 0 Å². The van der Waals surface area contributed by atoms with E-state index < -0.39 is 0 Å². The van der Waals surface area contributed by atoms with E-state index in [2.05, 4.69) is 20.0 Å². The number of hydrogen-bond acceptors (Lipinski definition) is 6. The smallest absolute Gasteiger partial charge is 0.259 e. The van der Waals surface area contributed by atoms with E-state index in [1.165, 1.54) is 6.07 Å². The summed E-state index contributed by atoms with van der Waals surface area (Å²) in [5, 5.41) is 3.88. The summed E-state index contributed by atoms with van der Waals surface area (Å²) < 4.78 is 24.4. The van der Waals surface area contributed by atoms with Crippen molar-refractivity contribution in [2.45, 2.75) is 6.42 Å². The van der Waals surface area contributed by atoms with Crippen LogP contribution in [0.1, 0.15) is 6.42 Å². The molecule has 1 aliphatic rings. The highest BCUT2D eigenvalue weighted by molar-refractivity contribution is 5.60. The Hall–Kier alpha value is -2.80. The Morgan fingerprint density at radius 2 is 2.15 bits per heavy atom. The zero-order valence-electron chi connectivity index (χ0n) is 14.4. The van der Waals surface area contributed by atoms with E-state index in [0.29, 0.717) is 22.9 Å². The summed E-state index contributed by atoms with van der Waals surface area (Å²) in [5.41, 5.74) is 1.02. The first-order chi connectivity index (χ1) is 12.7. The maximum Gasteiger partial charge on any atom is 0.259 e. The fourth-order valence-corrected chi connectivity index (χ4v) is 3.20. The lowest BCUT2D eigenvalue weighted by Crippen LogP contribution is -2.21. The molecule has 0 radical (unpaired) electrons. The number of halogens is 1. The highest BCUT2D eigenvalue weighted by Crippen LogP contribution is 2.26. The van der Waals surface area contributed by atoms with Gasteiger partial charge in [0.2, 0.25) is 5.82 Å². The van der Waals surface area contributed by atoms with Crippen molar-refractivity contribution in [2.24, 2.45) is 5.92 Å². The summed E-state index contributed by atoms with van der Waals surface area (Å²) in [6.07, 6.45) is 2.81. The van der Waals surface area contributed by atoms with Gasteiger partial charge in [-0.25, -0.2) is 9.37 Å². The number of nitrogens with zero attached hydrogens (tertiary/aromatic N) is 4. The van der Waals surface area contributed by atoms with Crippen molar-refractivity contribution in [1.82, 2.24) is 15.1 Å². The number of methoxy groups -OCH3 is 1. The SMILES string of the molecule is COC[C@H]1CCN(c2ccc(-c3nc(-c4ccccc4F)no3)cn2)C1. The van der Waals surface area contributed by atoms with Gasteiger partial charge in [-0.1, -0.05) is 17.3 Å². The van der Waals surface area contributed by atoms with E-state index in [1.807, 2.05) is 12.1 Å². The lowest BCUT2D eigenvalue weighted by Gasteiger charge is -2.17. The van der Waals surface area contributed by atoms with E-state index in [-0.39, 0.29) is 11.6 Å². The van der Waals surface area contributed by atoms with Gasteiger partial charge in [0.05, 0.1) is 17.7 Å². The van der Waals surface area contributed by atoms with Crippen molar-refractivity contribution in [2.75, 3.05) is 31.7 Å². The quantitative estimate of drug-likeness (QED) is 0.700. The van der Waals surface area contributed by atoms with E-state index in [1.54, 1.807) is 31.5 Å². The minimum absolute atomic E-state index is 0.226. The maximum absolute atomic E-state index is 13.9. The van der Waals surface area contributed by atoms with Crippen molar-refractivity contribution in [3.05, 3.63) is 48.4 Å². The molecule has 1 atom stereocenters. The fourth-order valence-electron chi connectivity index (χ4n) is 3.20. The first-order valence-electron chi connectivity index (χ1n) is 8.53. The van der Waals surface area contributed by atoms with Gasteiger partial charge < -0.3 is 14.2 Å². The van der Waals surface area contributed by atoms with Crippen LogP contribution >= 0.6 is 0 Å². The Bertz CT molecular complexity index is 881. The van der Waals surface area contributed by atoms with Crippen molar-refractivity contribution >= 4 is 5.82 Å². The van der Waals surface area contributed by atoms with E-state index >= 15 is 0 Å². The summed E-state index contributed by atoms with van der Waals surface area (Å²) in [5.74, 6) is 1.63. The van der Waals surface area contributed by atoms with Crippen LogP contribution in [0.5, 0.6) is 0 Å². The third-order valence-electron chi connectivity index (χ3n) is 4.55. The second-order valence-electron chi connectivity index (χ2n) is 6.36. The van der Waals surface area contributed by atoms with Gasteiger partial charge in [-0.2, -0.15) is 4.98 Å². The van der Waals surface area contributed by atoms with Gasteiger partial charge in [-0.05, 0) is 30.7 Å². The van der Waals surface area contributed by atoms with Crippen molar-refractivity contribution < 1.29 is 13.7 Å². The average Bonchev–Trinajstić information content (AvgIpc) is 3.32. The number of hydrogen-bond donors (Lipinski definition) is 0. The third-order valence-corrected chi connectivity index (χ3v) is 4.55. The third kappa shape index (κ3) is 3.30. The molecule has 0 amide bonds. The molecule has 3 aromatic rings. The predicted molar refractivity (Wildman–Crippen MR) is 95.1 cm³/mol.